The second-order valence-electron chi connectivity index (χ2n) is 6.09. The minimum absolute atomic E-state index is 0.154. The fourth-order valence-corrected chi connectivity index (χ4v) is 2.84. The monoisotopic (exact) mass is 338 g/mol. The molecule has 3 nitrogen and oxygen atoms in total. The summed E-state index contributed by atoms with van der Waals surface area (Å²) in [7, 11) is 0. The van der Waals surface area contributed by atoms with Gasteiger partial charge in [-0.1, -0.05) is 43.4 Å². The molecule has 2 rings (SSSR count). The zero-order chi connectivity index (χ0) is 18.1. The maximum absolute atomic E-state index is 9.71. The topological polar surface area (TPSA) is 60.7 Å². The lowest BCUT2D eigenvalue weighted by atomic mass is 9.86. The van der Waals surface area contributed by atoms with Gasteiger partial charge in [0, 0.05) is 12.3 Å². The van der Waals surface area contributed by atoms with Crippen LogP contribution in [0, 0.1) is 0 Å². The van der Waals surface area contributed by atoms with E-state index in [0.29, 0.717) is 17.9 Å². The SMILES string of the molecule is CC/C=C(O)\C=C/CCC(C1=CC=C(O)CC=C1)c1ccc(O)cc1. The minimum atomic E-state index is 0.154. The molecule has 0 fully saturated rings. The fraction of sp³-hybridized carbons (Fsp3) is 0.273. The molecule has 25 heavy (non-hydrogen) atoms. The molecule has 0 saturated heterocycles. The van der Waals surface area contributed by atoms with Gasteiger partial charge in [0.05, 0.1) is 5.76 Å². The van der Waals surface area contributed by atoms with Gasteiger partial charge in [0.2, 0.25) is 0 Å². The summed E-state index contributed by atoms with van der Waals surface area (Å²) in [5, 5.41) is 28.9. The van der Waals surface area contributed by atoms with Crippen molar-refractivity contribution in [3.05, 3.63) is 89.5 Å². The van der Waals surface area contributed by atoms with Gasteiger partial charge in [0.15, 0.2) is 0 Å². The molecule has 1 aliphatic rings. The quantitative estimate of drug-likeness (QED) is 0.422. The molecule has 1 aromatic carbocycles. The number of hydrogen-bond acceptors (Lipinski definition) is 3. The van der Waals surface area contributed by atoms with Crippen LogP contribution in [0.25, 0.3) is 0 Å². The Labute approximate surface area is 149 Å². The number of allylic oxidation sites excluding steroid dienone is 8. The Kier molecular flexibility index (Phi) is 7.15. The lowest BCUT2D eigenvalue weighted by Crippen LogP contribution is -2.01. The van der Waals surface area contributed by atoms with Gasteiger partial charge < -0.3 is 15.3 Å². The first-order chi connectivity index (χ1) is 12.1. The highest BCUT2D eigenvalue weighted by Crippen LogP contribution is 2.32. The summed E-state index contributed by atoms with van der Waals surface area (Å²) in [5.41, 5.74) is 2.24. The molecule has 1 unspecified atom stereocenters. The number of hydrogen-bond donors (Lipinski definition) is 3. The highest BCUT2D eigenvalue weighted by Gasteiger charge is 2.15. The lowest BCUT2D eigenvalue weighted by molar-refractivity contribution is 0.402. The highest BCUT2D eigenvalue weighted by molar-refractivity contribution is 5.40. The molecule has 0 heterocycles. The zero-order valence-electron chi connectivity index (χ0n) is 14.6. The van der Waals surface area contributed by atoms with E-state index in [-0.39, 0.29) is 11.7 Å². The number of aliphatic hydroxyl groups is 2. The molecule has 1 aliphatic carbocycles. The number of phenols is 1. The Morgan fingerprint density at radius 2 is 1.92 bits per heavy atom. The van der Waals surface area contributed by atoms with E-state index in [1.807, 2.05) is 37.3 Å². The summed E-state index contributed by atoms with van der Waals surface area (Å²) >= 11 is 0. The predicted molar refractivity (Wildman–Crippen MR) is 103 cm³/mol. The van der Waals surface area contributed by atoms with Gasteiger partial charge >= 0.3 is 0 Å². The zero-order valence-corrected chi connectivity index (χ0v) is 14.6. The van der Waals surface area contributed by atoms with Crippen molar-refractivity contribution < 1.29 is 15.3 Å². The molecule has 0 spiro atoms. The van der Waals surface area contributed by atoms with Crippen LogP contribution in [0.1, 0.15) is 44.1 Å². The smallest absolute Gasteiger partial charge is 0.115 e. The molecular formula is C22H26O3. The summed E-state index contributed by atoms with van der Waals surface area (Å²) in [6.07, 6.45) is 16.2. The van der Waals surface area contributed by atoms with E-state index in [4.69, 9.17) is 0 Å². The molecule has 0 bridgehead atoms. The Hall–Kier alpha value is -2.68. The van der Waals surface area contributed by atoms with E-state index in [9.17, 15) is 15.3 Å². The standard InChI is InChI=1S/C22H26O3/c1-2-6-19(23)8-3-4-10-22(18-12-15-21(25)16-13-18)17-7-5-9-20(24)14-11-17/h3,5-8,11-16,22-25H,2,4,9-10H2,1H3/b8-3-,19-6+. The van der Waals surface area contributed by atoms with Crippen LogP contribution in [0.2, 0.25) is 0 Å². The van der Waals surface area contributed by atoms with Crippen molar-refractivity contribution in [2.45, 2.75) is 38.5 Å². The number of rotatable bonds is 7. The summed E-state index contributed by atoms with van der Waals surface area (Å²) in [6.45, 7) is 1.98. The third-order valence-electron chi connectivity index (χ3n) is 4.13. The van der Waals surface area contributed by atoms with Crippen molar-refractivity contribution in [3.8, 4) is 5.75 Å². The highest BCUT2D eigenvalue weighted by atomic mass is 16.3. The van der Waals surface area contributed by atoms with E-state index in [0.717, 1.165) is 30.4 Å². The third-order valence-corrected chi connectivity index (χ3v) is 4.13. The largest absolute Gasteiger partial charge is 0.512 e. The Morgan fingerprint density at radius 3 is 2.64 bits per heavy atom. The Bertz CT molecular complexity index is 703. The first kappa shape index (κ1) is 18.7. The number of phenolic OH excluding ortho intramolecular Hbond substituents is 1. The van der Waals surface area contributed by atoms with Crippen molar-refractivity contribution in [1.29, 1.82) is 0 Å². The van der Waals surface area contributed by atoms with Gasteiger partial charge in [-0.05, 0) is 60.8 Å². The molecule has 0 radical (unpaired) electrons. The van der Waals surface area contributed by atoms with Crippen molar-refractivity contribution in [1.82, 2.24) is 0 Å². The molecule has 0 saturated carbocycles. The van der Waals surface area contributed by atoms with Gasteiger partial charge in [0.1, 0.15) is 11.5 Å². The molecule has 1 aromatic rings. The first-order valence-electron chi connectivity index (χ1n) is 8.71. The van der Waals surface area contributed by atoms with E-state index in [1.54, 1.807) is 30.4 Å². The van der Waals surface area contributed by atoms with Crippen molar-refractivity contribution in [3.63, 3.8) is 0 Å². The maximum atomic E-state index is 9.71. The Morgan fingerprint density at radius 1 is 1.16 bits per heavy atom. The Balaban J connectivity index is 2.18. The van der Waals surface area contributed by atoms with Crippen molar-refractivity contribution >= 4 is 0 Å². The van der Waals surface area contributed by atoms with Gasteiger partial charge in [0.25, 0.3) is 0 Å². The average molecular weight is 338 g/mol. The van der Waals surface area contributed by atoms with Crippen LogP contribution >= 0.6 is 0 Å². The summed E-state index contributed by atoms with van der Waals surface area (Å²) in [5.74, 6) is 1.05. The number of aliphatic hydroxyl groups excluding tert-OH is 2. The molecule has 0 amide bonds. The number of aromatic hydroxyl groups is 1. The summed E-state index contributed by atoms with van der Waals surface area (Å²) in [4.78, 5) is 0. The van der Waals surface area contributed by atoms with Crippen LogP contribution in [0.4, 0.5) is 0 Å². The molecule has 3 N–H and O–H groups in total. The lowest BCUT2D eigenvalue weighted by Gasteiger charge is -2.18. The maximum Gasteiger partial charge on any atom is 0.115 e. The summed E-state index contributed by atoms with van der Waals surface area (Å²) in [6, 6.07) is 7.26. The molecular weight excluding hydrogens is 312 g/mol. The van der Waals surface area contributed by atoms with Gasteiger partial charge in [-0.2, -0.15) is 0 Å². The van der Waals surface area contributed by atoms with Crippen LogP contribution in [-0.2, 0) is 0 Å². The minimum Gasteiger partial charge on any atom is -0.512 e. The van der Waals surface area contributed by atoms with Gasteiger partial charge in [-0.25, -0.2) is 0 Å². The molecule has 3 heteroatoms. The second-order valence-corrected chi connectivity index (χ2v) is 6.09. The molecule has 132 valence electrons. The van der Waals surface area contributed by atoms with E-state index in [2.05, 4.69) is 6.08 Å². The molecule has 0 aliphatic heterocycles. The van der Waals surface area contributed by atoms with Crippen LogP contribution < -0.4 is 0 Å². The normalized spacial score (nSPS) is 16.4. The van der Waals surface area contributed by atoms with Crippen LogP contribution in [-0.4, -0.2) is 15.3 Å². The molecule has 1 atom stereocenters. The average Bonchev–Trinajstić information content (AvgIpc) is 2.81. The van der Waals surface area contributed by atoms with E-state index >= 15 is 0 Å². The number of benzene rings is 1. The van der Waals surface area contributed by atoms with E-state index in [1.165, 1.54) is 0 Å². The van der Waals surface area contributed by atoms with Crippen LogP contribution in [0.15, 0.2) is 83.9 Å². The van der Waals surface area contributed by atoms with E-state index < -0.39 is 0 Å². The van der Waals surface area contributed by atoms with Crippen molar-refractivity contribution in [2.24, 2.45) is 0 Å². The fourth-order valence-electron chi connectivity index (χ4n) is 2.84. The predicted octanol–water partition coefficient (Wildman–Crippen LogP) is 5.99. The first-order valence-corrected chi connectivity index (χ1v) is 8.71. The van der Waals surface area contributed by atoms with Gasteiger partial charge in [-0.3, -0.25) is 0 Å². The second kappa shape index (κ2) is 9.58. The van der Waals surface area contributed by atoms with Gasteiger partial charge in [-0.15, -0.1) is 0 Å². The van der Waals surface area contributed by atoms with Crippen LogP contribution in [0.3, 0.4) is 0 Å². The molecule has 0 aromatic heterocycles. The van der Waals surface area contributed by atoms with Crippen molar-refractivity contribution in [2.75, 3.05) is 0 Å². The third kappa shape index (κ3) is 6.03. The summed E-state index contributed by atoms with van der Waals surface area (Å²) < 4.78 is 0. The van der Waals surface area contributed by atoms with Crippen LogP contribution in [0.5, 0.6) is 5.75 Å².